The first-order valence-electron chi connectivity index (χ1n) is 6.25. The molecule has 0 fully saturated rings. The van der Waals surface area contributed by atoms with Crippen LogP contribution in [0, 0.1) is 18.6 Å². The van der Waals surface area contributed by atoms with E-state index >= 15 is 0 Å². The molecule has 116 valence electrons. The van der Waals surface area contributed by atoms with Crippen molar-refractivity contribution in [3.8, 4) is 0 Å². The number of aryl methyl sites for hydroxylation is 1. The molecule has 4 nitrogen and oxygen atoms in total. The molecule has 1 amide bonds. The Kier molecular flexibility index (Phi) is 4.27. The number of rotatable bonds is 3. The minimum atomic E-state index is -3.54. The quantitative estimate of drug-likeness (QED) is 0.883. The smallest absolute Gasteiger partial charge is 0.256 e. The molecule has 22 heavy (non-hydrogen) atoms. The second-order valence-corrected chi connectivity index (χ2v) is 6.84. The maximum Gasteiger partial charge on any atom is 0.256 e. The third-order valence-corrected chi connectivity index (χ3v) is 4.17. The van der Waals surface area contributed by atoms with Gasteiger partial charge in [0.2, 0.25) is 0 Å². The number of halogens is 2. The number of carbonyl (C=O) groups excluding carboxylic acids is 1. The number of sulfone groups is 1. The minimum absolute atomic E-state index is 0.0455. The van der Waals surface area contributed by atoms with Gasteiger partial charge in [0, 0.05) is 11.8 Å². The topological polar surface area (TPSA) is 63.2 Å². The van der Waals surface area contributed by atoms with Gasteiger partial charge >= 0.3 is 0 Å². The molecule has 1 N–H and O–H groups in total. The lowest BCUT2D eigenvalue weighted by molar-refractivity contribution is 0.102. The van der Waals surface area contributed by atoms with Crippen molar-refractivity contribution in [2.75, 3.05) is 11.6 Å². The number of hydrogen-bond acceptors (Lipinski definition) is 3. The third kappa shape index (κ3) is 3.48. The summed E-state index contributed by atoms with van der Waals surface area (Å²) >= 11 is 0. The van der Waals surface area contributed by atoms with Crippen molar-refractivity contribution in [1.29, 1.82) is 0 Å². The molecule has 0 saturated heterocycles. The van der Waals surface area contributed by atoms with Crippen molar-refractivity contribution in [3.63, 3.8) is 0 Å². The molecule has 2 rings (SSSR count). The Labute approximate surface area is 126 Å². The molecule has 0 saturated carbocycles. The second kappa shape index (κ2) is 5.84. The van der Waals surface area contributed by atoms with Gasteiger partial charge in [0.25, 0.3) is 5.91 Å². The summed E-state index contributed by atoms with van der Waals surface area (Å²) in [5, 5.41) is 2.26. The van der Waals surface area contributed by atoms with Gasteiger partial charge in [0.05, 0.1) is 10.6 Å². The SMILES string of the molecule is Cc1ccc(F)cc1C(=O)Nc1cc(S(C)(=O)=O)ccc1F. The molecule has 0 aromatic heterocycles. The van der Waals surface area contributed by atoms with Crippen LogP contribution in [-0.2, 0) is 9.84 Å². The Morgan fingerprint density at radius 1 is 1.09 bits per heavy atom. The molecular formula is C15H13F2NO3S. The van der Waals surface area contributed by atoms with Gasteiger partial charge in [-0.2, -0.15) is 0 Å². The van der Waals surface area contributed by atoms with Gasteiger partial charge in [0.15, 0.2) is 9.84 Å². The molecule has 7 heteroatoms. The Morgan fingerprint density at radius 2 is 1.77 bits per heavy atom. The summed E-state index contributed by atoms with van der Waals surface area (Å²) < 4.78 is 49.9. The lowest BCUT2D eigenvalue weighted by Crippen LogP contribution is -2.15. The van der Waals surface area contributed by atoms with Crippen LogP contribution >= 0.6 is 0 Å². The summed E-state index contributed by atoms with van der Waals surface area (Å²) in [5.41, 5.74) is 0.277. The van der Waals surface area contributed by atoms with Crippen LogP contribution in [0.2, 0.25) is 0 Å². The molecule has 0 aliphatic carbocycles. The molecular weight excluding hydrogens is 312 g/mol. The van der Waals surface area contributed by atoms with E-state index in [1.54, 1.807) is 6.92 Å². The molecule has 0 unspecified atom stereocenters. The van der Waals surface area contributed by atoms with E-state index in [2.05, 4.69) is 5.32 Å². The maximum absolute atomic E-state index is 13.7. The number of amides is 1. The highest BCUT2D eigenvalue weighted by molar-refractivity contribution is 7.90. The number of carbonyl (C=O) groups is 1. The monoisotopic (exact) mass is 325 g/mol. The average molecular weight is 325 g/mol. The summed E-state index contributed by atoms with van der Waals surface area (Å²) in [5.74, 6) is -2.10. The molecule has 0 heterocycles. The number of benzene rings is 2. The van der Waals surface area contributed by atoms with Gasteiger partial charge in [-0.15, -0.1) is 0 Å². The Bertz CT molecular complexity index is 848. The summed E-state index contributed by atoms with van der Waals surface area (Å²) in [7, 11) is -3.54. The van der Waals surface area contributed by atoms with E-state index in [1.165, 1.54) is 12.1 Å². The summed E-state index contributed by atoms with van der Waals surface area (Å²) in [6.07, 6.45) is 0.975. The van der Waals surface area contributed by atoms with Crippen LogP contribution in [0.4, 0.5) is 14.5 Å². The van der Waals surface area contributed by atoms with E-state index in [1.807, 2.05) is 0 Å². The first-order chi connectivity index (χ1) is 10.2. The van der Waals surface area contributed by atoms with Gasteiger partial charge in [-0.05, 0) is 42.8 Å². The molecule has 0 atom stereocenters. The van der Waals surface area contributed by atoms with Crippen LogP contribution in [0.25, 0.3) is 0 Å². The van der Waals surface area contributed by atoms with E-state index in [-0.39, 0.29) is 16.1 Å². The standard InChI is InChI=1S/C15H13F2NO3S/c1-9-3-4-10(16)7-12(9)15(19)18-14-8-11(22(2,20)21)5-6-13(14)17/h3-8H,1-2H3,(H,18,19). The first-order valence-corrected chi connectivity index (χ1v) is 8.15. The molecule has 0 spiro atoms. The molecule has 0 aliphatic rings. The van der Waals surface area contributed by atoms with Gasteiger partial charge < -0.3 is 5.32 Å². The maximum atomic E-state index is 13.7. The largest absolute Gasteiger partial charge is 0.319 e. The van der Waals surface area contributed by atoms with Crippen molar-refractivity contribution < 1.29 is 22.0 Å². The zero-order valence-corrected chi connectivity index (χ0v) is 12.7. The van der Waals surface area contributed by atoms with Crippen LogP contribution in [0.15, 0.2) is 41.3 Å². The summed E-state index contributed by atoms with van der Waals surface area (Å²) in [6.45, 7) is 1.61. The second-order valence-electron chi connectivity index (χ2n) is 4.83. The molecule has 0 radical (unpaired) electrons. The zero-order valence-electron chi connectivity index (χ0n) is 11.9. The van der Waals surface area contributed by atoms with Crippen molar-refractivity contribution in [3.05, 3.63) is 59.2 Å². The van der Waals surface area contributed by atoms with Crippen molar-refractivity contribution >= 4 is 21.4 Å². The number of nitrogens with one attached hydrogen (secondary N) is 1. The van der Waals surface area contributed by atoms with Crippen LogP contribution in [0.5, 0.6) is 0 Å². The molecule has 2 aromatic carbocycles. The third-order valence-electron chi connectivity index (χ3n) is 3.06. The zero-order chi connectivity index (χ0) is 16.5. The van der Waals surface area contributed by atoms with Crippen molar-refractivity contribution in [1.82, 2.24) is 0 Å². The highest BCUT2D eigenvalue weighted by Gasteiger charge is 2.15. The predicted octanol–water partition coefficient (Wildman–Crippen LogP) is 2.93. The molecule has 2 aromatic rings. The highest BCUT2D eigenvalue weighted by atomic mass is 32.2. The average Bonchev–Trinajstić information content (AvgIpc) is 2.42. The first kappa shape index (κ1) is 16.1. The van der Waals surface area contributed by atoms with E-state index < -0.39 is 27.4 Å². The fourth-order valence-electron chi connectivity index (χ4n) is 1.86. The Morgan fingerprint density at radius 3 is 2.41 bits per heavy atom. The highest BCUT2D eigenvalue weighted by Crippen LogP contribution is 2.21. The van der Waals surface area contributed by atoms with E-state index in [4.69, 9.17) is 0 Å². The predicted molar refractivity (Wildman–Crippen MR) is 78.6 cm³/mol. The summed E-state index contributed by atoms with van der Waals surface area (Å²) in [6, 6.07) is 6.74. The molecule has 0 bridgehead atoms. The van der Waals surface area contributed by atoms with Crippen molar-refractivity contribution in [2.24, 2.45) is 0 Å². The normalized spacial score (nSPS) is 11.3. The van der Waals surface area contributed by atoms with Crippen LogP contribution in [0.1, 0.15) is 15.9 Å². The van der Waals surface area contributed by atoms with E-state index in [0.717, 1.165) is 30.5 Å². The summed E-state index contributed by atoms with van der Waals surface area (Å²) in [4.78, 5) is 12.0. The van der Waals surface area contributed by atoms with Gasteiger partial charge in [-0.25, -0.2) is 17.2 Å². The fraction of sp³-hybridized carbons (Fsp3) is 0.133. The van der Waals surface area contributed by atoms with E-state index in [9.17, 15) is 22.0 Å². The van der Waals surface area contributed by atoms with Crippen LogP contribution < -0.4 is 5.32 Å². The van der Waals surface area contributed by atoms with Crippen LogP contribution in [0.3, 0.4) is 0 Å². The fourth-order valence-corrected chi connectivity index (χ4v) is 2.51. The lowest BCUT2D eigenvalue weighted by Gasteiger charge is -2.10. The Hall–Kier alpha value is -2.28. The number of hydrogen-bond donors (Lipinski definition) is 1. The van der Waals surface area contributed by atoms with Crippen molar-refractivity contribution in [2.45, 2.75) is 11.8 Å². The molecule has 0 aliphatic heterocycles. The minimum Gasteiger partial charge on any atom is -0.319 e. The lowest BCUT2D eigenvalue weighted by atomic mass is 10.1. The van der Waals surface area contributed by atoms with Gasteiger partial charge in [-0.1, -0.05) is 6.07 Å². The van der Waals surface area contributed by atoms with Crippen LogP contribution in [-0.4, -0.2) is 20.6 Å². The van der Waals surface area contributed by atoms with E-state index in [0.29, 0.717) is 5.56 Å². The number of anilines is 1. The van der Waals surface area contributed by atoms with Gasteiger partial charge in [0.1, 0.15) is 11.6 Å². The Balaban J connectivity index is 2.38. The van der Waals surface area contributed by atoms with Gasteiger partial charge in [-0.3, -0.25) is 4.79 Å².